The number of hydrogen-bond acceptors (Lipinski definition) is 5. The van der Waals surface area contributed by atoms with E-state index in [0.29, 0.717) is 11.4 Å². The van der Waals surface area contributed by atoms with Crippen molar-refractivity contribution >= 4 is 23.4 Å². The van der Waals surface area contributed by atoms with Crippen LogP contribution in [0, 0.1) is 5.92 Å². The third-order valence-corrected chi connectivity index (χ3v) is 3.26. The lowest BCUT2D eigenvalue weighted by Crippen LogP contribution is -2.47. The van der Waals surface area contributed by atoms with E-state index in [4.69, 9.17) is 9.94 Å². The van der Waals surface area contributed by atoms with Crippen LogP contribution in [0.3, 0.4) is 0 Å². The molecule has 0 saturated heterocycles. The van der Waals surface area contributed by atoms with Crippen LogP contribution in [0.15, 0.2) is 42.1 Å². The van der Waals surface area contributed by atoms with Crippen molar-refractivity contribution in [2.75, 3.05) is 11.9 Å². The van der Waals surface area contributed by atoms with E-state index in [-0.39, 0.29) is 12.5 Å². The number of carbonyl (C=O) groups is 2. The number of carbonyl (C=O) groups excluding carboxylic acids is 2. The first kappa shape index (κ1) is 19.2. The number of ether oxygens (including phenoxy) is 1. The van der Waals surface area contributed by atoms with Crippen molar-refractivity contribution in [3.05, 3.63) is 42.5 Å². The van der Waals surface area contributed by atoms with Gasteiger partial charge in [0.05, 0.1) is 5.71 Å². The predicted octanol–water partition coefficient (Wildman–Crippen LogP) is 2.76. The molecule has 0 heterocycles. The Morgan fingerprint density at radius 3 is 2.46 bits per heavy atom. The van der Waals surface area contributed by atoms with Gasteiger partial charge in [0.25, 0.3) is 0 Å². The van der Waals surface area contributed by atoms with Gasteiger partial charge >= 0.3 is 12.0 Å². The molecule has 1 rings (SSSR count). The van der Waals surface area contributed by atoms with Crippen LogP contribution in [0.1, 0.15) is 26.3 Å². The number of oxime groups is 1. The second-order valence-corrected chi connectivity index (χ2v) is 5.50. The Bertz CT molecular complexity index is 609. The largest absolute Gasteiger partial charge is 0.460 e. The molecule has 0 aromatic heterocycles. The van der Waals surface area contributed by atoms with E-state index in [0.717, 1.165) is 5.56 Å². The summed E-state index contributed by atoms with van der Waals surface area (Å²) in [5, 5.41) is 17.1. The smallest absolute Gasteiger partial charge is 0.329 e. The van der Waals surface area contributed by atoms with Crippen LogP contribution in [-0.4, -0.2) is 35.6 Å². The Labute approximate surface area is 141 Å². The Morgan fingerprint density at radius 1 is 1.33 bits per heavy atom. The Kier molecular flexibility index (Phi) is 7.48. The maximum Gasteiger partial charge on any atom is 0.329 e. The number of nitrogens with zero attached hydrogens (tertiary/aromatic N) is 1. The van der Waals surface area contributed by atoms with Gasteiger partial charge in [-0.1, -0.05) is 43.8 Å². The highest BCUT2D eigenvalue weighted by Crippen LogP contribution is 2.11. The van der Waals surface area contributed by atoms with E-state index in [1.807, 2.05) is 13.8 Å². The van der Waals surface area contributed by atoms with E-state index in [9.17, 15) is 9.59 Å². The minimum atomic E-state index is -0.756. The van der Waals surface area contributed by atoms with Crippen molar-refractivity contribution < 1.29 is 19.5 Å². The summed E-state index contributed by atoms with van der Waals surface area (Å²) in [4.78, 5) is 24.0. The van der Waals surface area contributed by atoms with Gasteiger partial charge < -0.3 is 20.6 Å². The first-order chi connectivity index (χ1) is 11.4. The molecule has 7 heteroatoms. The zero-order valence-corrected chi connectivity index (χ0v) is 14.1. The lowest BCUT2D eigenvalue weighted by molar-refractivity contribution is -0.145. The van der Waals surface area contributed by atoms with Crippen LogP contribution < -0.4 is 10.6 Å². The average Bonchev–Trinajstić information content (AvgIpc) is 2.57. The van der Waals surface area contributed by atoms with Crippen LogP contribution in [0.4, 0.5) is 10.5 Å². The minimum absolute atomic E-state index is 0.0958. The molecule has 0 spiro atoms. The van der Waals surface area contributed by atoms with Gasteiger partial charge in [0.15, 0.2) is 0 Å². The van der Waals surface area contributed by atoms with Gasteiger partial charge in [-0.3, -0.25) is 0 Å². The average molecular weight is 333 g/mol. The molecule has 0 aliphatic carbocycles. The van der Waals surface area contributed by atoms with E-state index < -0.39 is 18.0 Å². The third-order valence-electron chi connectivity index (χ3n) is 3.26. The molecule has 1 unspecified atom stereocenters. The van der Waals surface area contributed by atoms with Gasteiger partial charge in [0.2, 0.25) is 0 Å². The standard InChI is InChI=1S/C17H23N3O4/c1-5-10-24-16(21)15(11(2)3)19-17(22)18-14-8-6-13(7-9-14)12(4)20-23/h5-9,11,15,23H,1,10H2,2-4H3,(H2,18,19,22). The lowest BCUT2D eigenvalue weighted by atomic mass is 10.1. The summed E-state index contributed by atoms with van der Waals surface area (Å²) in [7, 11) is 0. The predicted molar refractivity (Wildman–Crippen MR) is 92.4 cm³/mol. The van der Waals surface area contributed by atoms with Crippen molar-refractivity contribution in [2.24, 2.45) is 11.1 Å². The molecule has 1 aromatic rings. The molecular weight excluding hydrogens is 310 g/mol. The summed E-state index contributed by atoms with van der Waals surface area (Å²) in [5.41, 5.74) is 1.75. The molecule has 0 bridgehead atoms. The number of urea groups is 1. The molecule has 7 nitrogen and oxygen atoms in total. The lowest BCUT2D eigenvalue weighted by Gasteiger charge is -2.20. The first-order valence-corrected chi connectivity index (χ1v) is 7.53. The normalized spacial score (nSPS) is 12.4. The summed E-state index contributed by atoms with van der Waals surface area (Å²) in [6.07, 6.45) is 1.47. The molecule has 24 heavy (non-hydrogen) atoms. The fraction of sp³-hybridized carbons (Fsp3) is 0.353. The van der Waals surface area contributed by atoms with Gasteiger partial charge in [-0.05, 0) is 30.5 Å². The monoisotopic (exact) mass is 333 g/mol. The zero-order chi connectivity index (χ0) is 18.1. The molecule has 0 aliphatic rings. The van der Waals surface area contributed by atoms with Gasteiger partial charge in [-0.2, -0.15) is 0 Å². The maximum atomic E-state index is 12.1. The highest BCUT2D eigenvalue weighted by molar-refractivity contribution is 5.99. The Balaban J connectivity index is 2.68. The van der Waals surface area contributed by atoms with Gasteiger partial charge in [0, 0.05) is 5.69 Å². The highest BCUT2D eigenvalue weighted by atomic mass is 16.5. The molecule has 130 valence electrons. The molecule has 1 aromatic carbocycles. The first-order valence-electron chi connectivity index (χ1n) is 7.53. The van der Waals surface area contributed by atoms with E-state index >= 15 is 0 Å². The Morgan fingerprint density at radius 2 is 1.96 bits per heavy atom. The number of amides is 2. The summed E-state index contributed by atoms with van der Waals surface area (Å²) < 4.78 is 4.98. The molecule has 0 saturated carbocycles. The highest BCUT2D eigenvalue weighted by Gasteiger charge is 2.25. The Hall–Kier alpha value is -2.83. The second-order valence-electron chi connectivity index (χ2n) is 5.50. The summed E-state index contributed by atoms with van der Waals surface area (Å²) in [6, 6.07) is 5.50. The topological polar surface area (TPSA) is 100 Å². The summed E-state index contributed by atoms with van der Waals surface area (Å²) >= 11 is 0. The molecule has 0 fully saturated rings. The molecule has 3 N–H and O–H groups in total. The number of nitrogens with one attached hydrogen (secondary N) is 2. The fourth-order valence-electron chi connectivity index (χ4n) is 1.89. The quantitative estimate of drug-likeness (QED) is 0.235. The van der Waals surface area contributed by atoms with E-state index in [1.54, 1.807) is 31.2 Å². The van der Waals surface area contributed by atoms with Gasteiger partial charge in [-0.15, -0.1) is 0 Å². The van der Waals surface area contributed by atoms with Gasteiger partial charge in [0.1, 0.15) is 12.6 Å². The van der Waals surface area contributed by atoms with Crippen LogP contribution in [0.25, 0.3) is 0 Å². The third kappa shape index (κ3) is 5.75. The SMILES string of the molecule is C=CCOC(=O)C(NC(=O)Nc1ccc(C(C)=NO)cc1)C(C)C. The molecular formula is C17H23N3O4. The van der Waals surface area contributed by atoms with Crippen molar-refractivity contribution in [3.8, 4) is 0 Å². The van der Waals surface area contributed by atoms with Crippen LogP contribution in [0.5, 0.6) is 0 Å². The summed E-state index contributed by atoms with van der Waals surface area (Å²) in [5.74, 6) is -0.635. The number of rotatable bonds is 7. The number of anilines is 1. The number of hydrogen-bond donors (Lipinski definition) is 3. The molecule has 1 atom stereocenters. The van der Waals surface area contributed by atoms with Crippen LogP contribution in [-0.2, 0) is 9.53 Å². The minimum Gasteiger partial charge on any atom is -0.460 e. The van der Waals surface area contributed by atoms with Gasteiger partial charge in [-0.25, -0.2) is 9.59 Å². The van der Waals surface area contributed by atoms with E-state index in [1.165, 1.54) is 6.08 Å². The maximum absolute atomic E-state index is 12.1. The van der Waals surface area contributed by atoms with Crippen molar-refractivity contribution in [2.45, 2.75) is 26.8 Å². The molecule has 0 aliphatic heterocycles. The molecule has 2 amide bonds. The second kappa shape index (κ2) is 9.34. The number of benzene rings is 1. The number of esters is 1. The van der Waals surface area contributed by atoms with Crippen molar-refractivity contribution in [1.82, 2.24) is 5.32 Å². The van der Waals surface area contributed by atoms with Crippen molar-refractivity contribution in [1.29, 1.82) is 0 Å². The summed E-state index contributed by atoms with van der Waals surface area (Å²) in [6.45, 7) is 8.86. The molecule has 0 radical (unpaired) electrons. The zero-order valence-electron chi connectivity index (χ0n) is 14.1. The van der Waals surface area contributed by atoms with Crippen LogP contribution in [0.2, 0.25) is 0 Å². The van der Waals surface area contributed by atoms with Crippen molar-refractivity contribution in [3.63, 3.8) is 0 Å². The van der Waals surface area contributed by atoms with Crippen LogP contribution >= 0.6 is 0 Å². The van der Waals surface area contributed by atoms with E-state index in [2.05, 4.69) is 22.4 Å². The fourth-order valence-corrected chi connectivity index (χ4v) is 1.89.